The van der Waals surface area contributed by atoms with Crippen molar-refractivity contribution in [2.45, 2.75) is 5.03 Å². The van der Waals surface area contributed by atoms with Gasteiger partial charge in [0.15, 0.2) is 0 Å². The van der Waals surface area contributed by atoms with Crippen molar-refractivity contribution in [3.63, 3.8) is 0 Å². The number of aromatic nitrogens is 3. The summed E-state index contributed by atoms with van der Waals surface area (Å²) in [5.41, 5.74) is 0.887. The van der Waals surface area contributed by atoms with Crippen LogP contribution in [0.15, 0.2) is 44.9 Å². The van der Waals surface area contributed by atoms with Crippen molar-refractivity contribution in [2.24, 2.45) is 0 Å². The molecule has 9 nitrogen and oxygen atoms in total. The molecule has 4 N–H and O–H groups in total. The number of H-pyrrole nitrogens is 2. The van der Waals surface area contributed by atoms with Crippen LogP contribution in [0.3, 0.4) is 0 Å². The molecule has 0 aliphatic rings. The van der Waals surface area contributed by atoms with Crippen molar-refractivity contribution in [1.82, 2.24) is 20.0 Å². The Kier molecular flexibility index (Phi) is 3.44. The van der Waals surface area contributed by atoms with Crippen LogP contribution in [0.1, 0.15) is 0 Å². The molecule has 0 bridgehead atoms. The van der Waals surface area contributed by atoms with Crippen LogP contribution >= 0.6 is 0 Å². The first kappa shape index (κ1) is 13.0. The van der Waals surface area contributed by atoms with Gasteiger partial charge in [-0.25, -0.2) is 18.3 Å². The van der Waals surface area contributed by atoms with E-state index in [4.69, 9.17) is 0 Å². The van der Waals surface area contributed by atoms with Crippen LogP contribution in [0.25, 0.3) is 0 Å². The third-order valence-corrected chi connectivity index (χ3v) is 3.19. The van der Waals surface area contributed by atoms with E-state index < -0.39 is 26.3 Å². The van der Waals surface area contributed by atoms with Gasteiger partial charge in [0.05, 0.1) is 0 Å². The molecule has 0 atom stereocenters. The lowest BCUT2D eigenvalue weighted by Gasteiger charge is -2.07. The molecule has 10 heteroatoms. The number of aromatic amines is 2. The summed E-state index contributed by atoms with van der Waals surface area (Å²) in [4.78, 5) is 25.8. The van der Waals surface area contributed by atoms with Crippen LogP contribution in [-0.4, -0.2) is 23.6 Å². The molecule has 100 valence electrons. The average molecular weight is 283 g/mol. The second kappa shape index (κ2) is 5.04. The second-order valence-electron chi connectivity index (χ2n) is 3.41. The highest BCUT2D eigenvalue weighted by Gasteiger charge is 2.20. The zero-order chi connectivity index (χ0) is 13.9. The highest BCUT2D eigenvalue weighted by Crippen LogP contribution is 2.04. The normalized spacial score (nSPS) is 11.2. The monoisotopic (exact) mass is 283 g/mol. The Labute approximate surface area is 106 Å². The Morgan fingerprint density at radius 3 is 2.42 bits per heavy atom. The summed E-state index contributed by atoms with van der Waals surface area (Å²) in [6.07, 6.45) is 0. The quantitative estimate of drug-likeness (QED) is 0.518. The van der Waals surface area contributed by atoms with Gasteiger partial charge in [0, 0.05) is 5.69 Å². The maximum absolute atomic E-state index is 11.8. The molecule has 2 aromatic rings. The van der Waals surface area contributed by atoms with E-state index >= 15 is 0 Å². The molecule has 0 spiro atoms. The Morgan fingerprint density at radius 1 is 1.11 bits per heavy atom. The van der Waals surface area contributed by atoms with E-state index in [2.05, 4.69) is 10.5 Å². The topological polar surface area (TPSA) is 137 Å². The SMILES string of the molecule is O=c1[nH]nc(S(=O)(=O)NNc2ccccc2)c(=O)[nH]1. The molecule has 0 saturated heterocycles. The molecule has 0 aliphatic heterocycles. The fourth-order valence-corrected chi connectivity index (χ4v) is 2.02. The maximum Gasteiger partial charge on any atom is 0.342 e. The lowest BCUT2D eigenvalue weighted by molar-refractivity contribution is 0.577. The van der Waals surface area contributed by atoms with Crippen LogP contribution in [-0.2, 0) is 10.0 Å². The minimum absolute atomic E-state index is 0.479. The van der Waals surface area contributed by atoms with E-state index in [9.17, 15) is 18.0 Å². The number of benzene rings is 1. The van der Waals surface area contributed by atoms with Crippen molar-refractivity contribution in [1.29, 1.82) is 0 Å². The Hall–Kier alpha value is -2.46. The molecule has 0 radical (unpaired) electrons. The number of hydrazine groups is 1. The van der Waals surface area contributed by atoms with Crippen LogP contribution in [0.4, 0.5) is 5.69 Å². The maximum atomic E-state index is 11.8. The van der Waals surface area contributed by atoms with Gasteiger partial charge in [-0.2, -0.15) is 5.10 Å². The van der Waals surface area contributed by atoms with E-state index in [1.807, 2.05) is 9.93 Å². The first-order valence-electron chi connectivity index (χ1n) is 5.01. The second-order valence-corrected chi connectivity index (χ2v) is 5.01. The number of hydrogen-bond donors (Lipinski definition) is 4. The van der Waals surface area contributed by atoms with Crippen LogP contribution in [0.5, 0.6) is 0 Å². The largest absolute Gasteiger partial charge is 0.342 e. The average Bonchev–Trinajstić information content (AvgIpc) is 2.37. The number of nitrogens with zero attached hydrogens (tertiary/aromatic N) is 1. The van der Waals surface area contributed by atoms with E-state index in [1.165, 1.54) is 0 Å². The molecule has 0 amide bonds. The third-order valence-electron chi connectivity index (χ3n) is 2.04. The van der Waals surface area contributed by atoms with Crippen molar-refractivity contribution in [2.75, 3.05) is 5.43 Å². The molecule has 1 aromatic heterocycles. The fraction of sp³-hybridized carbons (Fsp3) is 0. The number of hydrogen-bond acceptors (Lipinski definition) is 6. The number of para-hydroxylation sites is 1. The van der Waals surface area contributed by atoms with E-state index in [0.29, 0.717) is 5.69 Å². The van der Waals surface area contributed by atoms with Gasteiger partial charge in [0.25, 0.3) is 20.6 Å². The Bertz CT molecular complexity index is 780. The lowest BCUT2D eigenvalue weighted by atomic mass is 10.3. The minimum atomic E-state index is -4.19. The standard InChI is InChI=1S/C9H9N5O4S/c15-7-8(12-13-9(16)10-7)19(17,18)14-11-6-4-2-1-3-5-6/h1-5,11,14H,(H2,10,13,15,16). The van der Waals surface area contributed by atoms with Gasteiger partial charge in [-0.15, -0.1) is 4.83 Å². The Balaban J connectivity index is 2.24. The first-order chi connectivity index (χ1) is 8.99. The summed E-state index contributed by atoms with van der Waals surface area (Å²) < 4.78 is 23.5. The predicted octanol–water partition coefficient (Wildman–Crippen LogP) is -1.24. The molecular weight excluding hydrogens is 274 g/mol. The number of sulfonamides is 1. The number of anilines is 1. The zero-order valence-corrected chi connectivity index (χ0v) is 10.2. The molecule has 0 unspecified atom stereocenters. The van der Waals surface area contributed by atoms with E-state index in [1.54, 1.807) is 35.3 Å². The highest BCUT2D eigenvalue weighted by molar-refractivity contribution is 7.89. The van der Waals surface area contributed by atoms with Crippen molar-refractivity contribution in [3.05, 3.63) is 51.2 Å². The number of nitrogens with one attached hydrogen (secondary N) is 4. The van der Waals surface area contributed by atoms with Gasteiger partial charge < -0.3 is 5.43 Å². The molecule has 0 aliphatic carbocycles. The summed E-state index contributed by atoms with van der Waals surface area (Å²) in [5.74, 6) is 0. The molecule has 0 saturated carbocycles. The summed E-state index contributed by atoms with van der Waals surface area (Å²) in [6, 6.07) is 8.39. The summed E-state index contributed by atoms with van der Waals surface area (Å²) in [6.45, 7) is 0. The molecule has 2 rings (SSSR count). The molecule has 1 aromatic carbocycles. The van der Waals surface area contributed by atoms with Gasteiger partial charge in [-0.05, 0) is 12.1 Å². The van der Waals surface area contributed by atoms with E-state index in [-0.39, 0.29) is 0 Å². The van der Waals surface area contributed by atoms with Crippen LogP contribution in [0, 0.1) is 0 Å². The number of rotatable bonds is 4. The first-order valence-corrected chi connectivity index (χ1v) is 6.49. The molecule has 0 fully saturated rings. The van der Waals surface area contributed by atoms with Crippen molar-refractivity contribution in [3.8, 4) is 0 Å². The lowest BCUT2D eigenvalue weighted by Crippen LogP contribution is -2.37. The third kappa shape index (κ3) is 3.05. The van der Waals surface area contributed by atoms with Gasteiger partial charge in [-0.1, -0.05) is 18.2 Å². The summed E-state index contributed by atoms with van der Waals surface area (Å²) in [7, 11) is -4.19. The van der Waals surface area contributed by atoms with Gasteiger partial charge in [-0.3, -0.25) is 9.78 Å². The van der Waals surface area contributed by atoms with Crippen molar-refractivity contribution >= 4 is 15.7 Å². The van der Waals surface area contributed by atoms with E-state index in [0.717, 1.165) is 0 Å². The van der Waals surface area contributed by atoms with Gasteiger partial charge in [0.2, 0.25) is 0 Å². The summed E-state index contributed by atoms with van der Waals surface area (Å²) in [5, 5.41) is 4.19. The Morgan fingerprint density at radius 2 is 1.79 bits per heavy atom. The fourth-order valence-electron chi connectivity index (χ4n) is 1.21. The predicted molar refractivity (Wildman–Crippen MR) is 65.9 cm³/mol. The molecule has 1 heterocycles. The smallest absolute Gasteiger partial charge is 0.308 e. The molecule has 19 heavy (non-hydrogen) atoms. The van der Waals surface area contributed by atoms with Crippen LogP contribution in [0.2, 0.25) is 0 Å². The van der Waals surface area contributed by atoms with Gasteiger partial charge in [0.1, 0.15) is 0 Å². The minimum Gasteiger partial charge on any atom is -0.308 e. The zero-order valence-electron chi connectivity index (χ0n) is 9.38. The van der Waals surface area contributed by atoms with Gasteiger partial charge >= 0.3 is 5.69 Å². The van der Waals surface area contributed by atoms with Crippen LogP contribution < -0.4 is 21.5 Å². The summed E-state index contributed by atoms with van der Waals surface area (Å²) >= 11 is 0. The van der Waals surface area contributed by atoms with Crippen molar-refractivity contribution < 1.29 is 8.42 Å². The highest BCUT2D eigenvalue weighted by atomic mass is 32.2. The molecular formula is C9H9N5O4S.